The van der Waals surface area contributed by atoms with E-state index in [2.05, 4.69) is 17.2 Å². The molecule has 1 N–H and O–H groups in total. The lowest BCUT2D eigenvalue weighted by Gasteiger charge is -2.36. The van der Waals surface area contributed by atoms with Crippen LogP contribution >= 0.6 is 0 Å². The van der Waals surface area contributed by atoms with Crippen molar-refractivity contribution in [3.8, 4) is 0 Å². The molecule has 0 amide bonds. The molecule has 0 aliphatic heterocycles. The van der Waals surface area contributed by atoms with E-state index in [-0.39, 0.29) is 0 Å². The molecule has 4 nitrogen and oxygen atoms in total. The molecule has 2 rings (SSSR count). The average Bonchev–Trinajstić information content (AvgIpc) is 2.63. The largest absolute Gasteiger partial charge is 0.389 e. The second-order valence-electron chi connectivity index (χ2n) is 5.16. The van der Waals surface area contributed by atoms with Gasteiger partial charge in [-0.1, -0.05) is 31.4 Å². The number of aryl methyl sites for hydroxylation is 1. The fourth-order valence-electron chi connectivity index (χ4n) is 2.78. The molecular weight excluding hydrogens is 202 g/mol. The number of rotatable bonds is 3. The highest BCUT2D eigenvalue weighted by Crippen LogP contribution is 2.35. The van der Waals surface area contributed by atoms with Gasteiger partial charge < -0.3 is 5.11 Å². The first-order chi connectivity index (χ1) is 7.61. The molecule has 90 valence electrons. The first-order valence-corrected chi connectivity index (χ1v) is 6.19. The predicted octanol–water partition coefficient (Wildman–Crippen LogP) is 1.69. The number of aliphatic hydroxyl groups is 1. The summed E-state index contributed by atoms with van der Waals surface area (Å²) in [5.74, 6) is 0.676. The zero-order valence-corrected chi connectivity index (χ0v) is 10.2. The van der Waals surface area contributed by atoms with Crippen LogP contribution in [0.25, 0.3) is 0 Å². The molecule has 16 heavy (non-hydrogen) atoms. The number of hydrogen-bond donors (Lipinski definition) is 1. The Morgan fingerprint density at radius 1 is 1.62 bits per heavy atom. The van der Waals surface area contributed by atoms with Crippen molar-refractivity contribution in [2.24, 2.45) is 13.0 Å². The lowest BCUT2D eigenvalue weighted by molar-refractivity contribution is -0.0169. The Balaban J connectivity index is 2.01. The second-order valence-corrected chi connectivity index (χ2v) is 5.16. The van der Waals surface area contributed by atoms with Crippen LogP contribution in [0, 0.1) is 5.92 Å². The van der Waals surface area contributed by atoms with Crippen molar-refractivity contribution in [2.45, 2.75) is 51.0 Å². The summed E-state index contributed by atoms with van der Waals surface area (Å²) in [6.07, 6.45) is 7.93. The summed E-state index contributed by atoms with van der Waals surface area (Å²) < 4.78 is 1.69. The molecule has 1 aliphatic rings. The van der Waals surface area contributed by atoms with E-state index >= 15 is 0 Å². The smallest absolute Gasteiger partial charge is 0.0855 e. The molecule has 1 aliphatic carbocycles. The lowest BCUT2D eigenvalue weighted by Crippen LogP contribution is -2.37. The molecule has 0 spiro atoms. The van der Waals surface area contributed by atoms with Crippen molar-refractivity contribution in [1.29, 1.82) is 0 Å². The van der Waals surface area contributed by atoms with Gasteiger partial charge in [-0.05, 0) is 18.8 Å². The van der Waals surface area contributed by atoms with Gasteiger partial charge in [0.2, 0.25) is 0 Å². The summed E-state index contributed by atoms with van der Waals surface area (Å²) >= 11 is 0. The third kappa shape index (κ3) is 2.61. The van der Waals surface area contributed by atoms with Crippen LogP contribution in [0.2, 0.25) is 0 Å². The van der Waals surface area contributed by atoms with Gasteiger partial charge in [0.05, 0.1) is 11.3 Å². The Bertz CT molecular complexity index is 350. The summed E-state index contributed by atoms with van der Waals surface area (Å²) in [5.41, 5.74) is 0.358. The zero-order valence-electron chi connectivity index (χ0n) is 10.2. The molecule has 1 saturated carbocycles. The molecule has 1 aromatic heterocycles. The summed E-state index contributed by atoms with van der Waals surface area (Å²) in [4.78, 5) is 0. The van der Waals surface area contributed by atoms with Crippen LogP contribution in [-0.2, 0) is 13.5 Å². The Kier molecular flexibility index (Phi) is 3.28. The van der Waals surface area contributed by atoms with Gasteiger partial charge in [0.1, 0.15) is 0 Å². The van der Waals surface area contributed by atoms with Crippen LogP contribution in [0.15, 0.2) is 6.20 Å². The van der Waals surface area contributed by atoms with E-state index in [4.69, 9.17) is 0 Å². The van der Waals surface area contributed by atoms with Gasteiger partial charge in [-0.25, -0.2) is 0 Å². The summed E-state index contributed by atoms with van der Waals surface area (Å²) in [5, 5.41) is 18.5. The topological polar surface area (TPSA) is 50.9 Å². The molecule has 1 aromatic rings. The van der Waals surface area contributed by atoms with Crippen molar-refractivity contribution in [3.05, 3.63) is 11.9 Å². The highest BCUT2D eigenvalue weighted by molar-refractivity contribution is 5.01. The standard InChI is InChI=1S/C12H21N3O/c1-3-10-5-4-6-12(16,7-10)8-11-9-15(2)14-13-11/h9-10,16H,3-8H2,1-2H3. The van der Waals surface area contributed by atoms with Crippen LogP contribution in [-0.4, -0.2) is 25.7 Å². The minimum atomic E-state index is -0.547. The van der Waals surface area contributed by atoms with Crippen LogP contribution in [0.4, 0.5) is 0 Å². The molecule has 0 aromatic carbocycles. The first-order valence-electron chi connectivity index (χ1n) is 6.19. The quantitative estimate of drug-likeness (QED) is 0.848. The minimum Gasteiger partial charge on any atom is -0.389 e. The van der Waals surface area contributed by atoms with E-state index in [0.29, 0.717) is 12.3 Å². The third-order valence-corrected chi connectivity index (χ3v) is 3.66. The molecule has 2 unspecified atom stereocenters. The highest BCUT2D eigenvalue weighted by Gasteiger charge is 2.34. The van der Waals surface area contributed by atoms with Crippen LogP contribution in [0.1, 0.15) is 44.7 Å². The monoisotopic (exact) mass is 223 g/mol. The van der Waals surface area contributed by atoms with Crippen molar-refractivity contribution >= 4 is 0 Å². The Morgan fingerprint density at radius 3 is 3.06 bits per heavy atom. The van der Waals surface area contributed by atoms with E-state index in [0.717, 1.165) is 25.0 Å². The van der Waals surface area contributed by atoms with Gasteiger partial charge in [0, 0.05) is 19.7 Å². The molecule has 1 fully saturated rings. The van der Waals surface area contributed by atoms with Crippen molar-refractivity contribution in [3.63, 3.8) is 0 Å². The van der Waals surface area contributed by atoms with Gasteiger partial charge >= 0.3 is 0 Å². The normalized spacial score (nSPS) is 30.6. The first kappa shape index (κ1) is 11.6. The predicted molar refractivity (Wildman–Crippen MR) is 61.9 cm³/mol. The van der Waals surface area contributed by atoms with Gasteiger partial charge in [-0.3, -0.25) is 4.68 Å². The molecule has 4 heteroatoms. The van der Waals surface area contributed by atoms with Gasteiger partial charge in [0.15, 0.2) is 0 Å². The van der Waals surface area contributed by atoms with Crippen molar-refractivity contribution in [2.75, 3.05) is 0 Å². The van der Waals surface area contributed by atoms with Crippen molar-refractivity contribution in [1.82, 2.24) is 15.0 Å². The zero-order chi connectivity index (χ0) is 11.6. The van der Waals surface area contributed by atoms with Crippen LogP contribution in [0.3, 0.4) is 0 Å². The SMILES string of the molecule is CCC1CCCC(O)(Cc2cn(C)nn2)C1. The van der Waals surface area contributed by atoms with E-state index in [1.807, 2.05) is 13.2 Å². The van der Waals surface area contributed by atoms with Crippen LogP contribution < -0.4 is 0 Å². The lowest BCUT2D eigenvalue weighted by atomic mass is 9.75. The maximum atomic E-state index is 10.6. The number of aromatic nitrogens is 3. The molecule has 0 bridgehead atoms. The maximum Gasteiger partial charge on any atom is 0.0855 e. The number of hydrogen-bond acceptors (Lipinski definition) is 3. The summed E-state index contributed by atoms with van der Waals surface area (Å²) in [6.45, 7) is 2.21. The van der Waals surface area contributed by atoms with Gasteiger partial charge in [0.25, 0.3) is 0 Å². The molecule has 2 atom stereocenters. The van der Waals surface area contributed by atoms with E-state index in [1.54, 1.807) is 4.68 Å². The molecule has 0 radical (unpaired) electrons. The summed E-state index contributed by atoms with van der Waals surface area (Å²) in [7, 11) is 1.86. The number of nitrogens with zero attached hydrogens (tertiary/aromatic N) is 3. The van der Waals surface area contributed by atoms with E-state index < -0.39 is 5.60 Å². The van der Waals surface area contributed by atoms with E-state index in [1.165, 1.54) is 12.8 Å². The Labute approximate surface area is 96.7 Å². The third-order valence-electron chi connectivity index (χ3n) is 3.66. The highest BCUT2D eigenvalue weighted by atomic mass is 16.3. The molecular formula is C12H21N3O. The Hall–Kier alpha value is -0.900. The maximum absolute atomic E-state index is 10.6. The Morgan fingerprint density at radius 2 is 2.44 bits per heavy atom. The molecule has 0 saturated heterocycles. The second kappa shape index (κ2) is 4.53. The molecule has 1 heterocycles. The van der Waals surface area contributed by atoms with Crippen molar-refractivity contribution < 1.29 is 5.11 Å². The fraction of sp³-hybridized carbons (Fsp3) is 0.833. The minimum absolute atomic E-state index is 0.547. The van der Waals surface area contributed by atoms with Gasteiger partial charge in [-0.15, -0.1) is 5.10 Å². The average molecular weight is 223 g/mol. The van der Waals surface area contributed by atoms with Gasteiger partial charge in [-0.2, -0.15) is 0 Å². The van der Waals surface area contributed by atoms with Crippen LogP contribution in [0.5, 0.6) is 0 Å². The summed E-state index contributed by atoms with van der Waals surface area (Å²) in [6, 6.07) is 0. The van der Waals surface area contributed by atoms with E-state index in [9.17, 15) is 5.11 Å². The fourth-order valence-corrected chi connectivity index (χ4v) is 2.78.